The number of aromatic nitrogens is 3. The number of benzene rings is 3. The minimum absolute atomic E-state index is 0.00696. The zero-order valence-corrected chi connectivity index (χ0v) is 19.6. The van der Waals surface area contributed by atoms with Gasteiger partial charge in [-0.3, -0.25) is 0 Å². The molecule has 0 saturated heterocycles. The lowest BCUT2D eigenvalue weighted by Gasteiger charge is -2.16. The molecule has 186 valence electrons. The van der Waals surface area contributed by atoms with Gasteiger partial charge in [-0.25, -0.2) is 22.9 Å². The minimum Gasteiger partial charge on any atom is -0.618 e. The normalized spacial score (nSPS) is 12.1. The number of carboxylic acids is 1. The van der Waals surface area contributed by atoms with E-state index in [1.54, 1.807) is 18.2 Å². The maximum Gasteiger partial charge on any atom is 0.335 e. The van der Waals surface area contributed by atoms with Crippen LogP contribution in [0.1, 0.15) is 33.4 Å². The lowest BCUT2D eigenvalue weighted by Crippen LogP contribution is -2.34. The molecule has 37 heavy (non-hydrogen) atoms. The first-order valence-electron chi connectivity index (χ1n) is 11.1. The summed E-state index contributed by atoms with van der Waals surface area (Å²) in [5.74, 6) is -3.70. The van der Waals surface area contributed by atoms with E-state index >= 15 is 0 Å². The molecule has 0 fully saturated rings. The molecule has 5 aromatic rings. The number of aromatic amines is 1. The molecule has 0 spiro atoms. The second-order valence-electron chi connectivity index (χ2n) is 8.43. The summed E-state index contributed by atoms with van der Waals surface area (Å²) in [7, 11) is 0. The number of nitrogens with zero attached hydrogens (tertiary/aromatic N) is 2. The van der Waals surface area contributed by atoms with E-state index in [0.717, 1.165) is 18.3 Å². The van der Waals surface area contributed by atoms with Crippen molar-refractivity contribution in [3.63, 3.8) is 0 Å². The number of nitrogens with one attached hydrogen (secondary N) is 1. The van der Waals surface area contributed by atoms with Crippen molar-refractivity contribution >= 4 is 28.6 Å². The van der Waals surface area contributed by atoms with Gasteiger partial charge >= 0.3 is 5.97 Å². The van der Waals surface area contributed by atoms with Crippen molar-refractivity contribution in [2.75, 3.05) is 0 Å². The van der Waals surface area contributed by atoms with Crippen molar-refractivity contribution in [2.45, 2.75) is 12.3 Å². The van der Waals surface area contributed by atoms with E-state index in [2.05, 4.69) is 9.97 Å². The number of imidazole rings is 1. The monoisotopic (exact) mass is 523 g/mol. The summed E-state index contributed by atoms with van der Waals surface area (Å²) in [5, 5.41) is 22.2. The molecule has 0 unspecified atom stereocenters. The van der Waals surface area contributed by atoms with E-state index in [-0.39, 0.29) is 28.3 Å². The molecule has 3 aromatic carbocycles. The van der Waals surface area contributed by atoms with Crippen molar-refractivity contribution < 1.29 is 27.8 Å². The van der Waals surface area contributed by atoms with Crippen LogP contribution in [0.4, 0.5) is 13.2 Å². The first-order chi connectivity index (χ1) is 17.7. The largest absolute Gasteiger partial charge is 0.618 e. The first-order valence-corrected chi connectivity index (χ1v) is 11.4. The smallest absolute Gasteiger partial charge is 0.335 e. The molecule has 2 aromatic heterocycles. The second-order valence-corrected chi connectivity index (χ2v) is 8.84. The summed E-state index contributed by atoms with van der Waals surface area (Å²) >= 11 is 5.81. The van der Waals surface area contributed by atoms with Crippen LogP contribution in [0.2, 0.25) is 5.02 Å². The summed E-state index contributed by atoms with van der Waals surface area (Å²) in [6.45, 7) is 0. The zero-order chi connectivity index (χ0) is 26.3. The molecule has 2 N–H and O–H groups in total. The molecular weight excluding hydrogens is 507 g/mol. The quantitative estimate of drug-likeness (QED) is 0.162. The van der Waals surface area contributed by atoms with Gasteiger partial charge in [0, 0.05) is 6.07 Å². The van der Waals surface area contributed by atoms with Crippen LogP contribution in [0.3, 0.4) is 0 Å². The number of fused-ring (bicyclic) bond motifs is 1. The molecule has 0 saturated carbocycles. The number of pyridine rings is 1. The molecule has 6 nitrogen and oxygen atoms in total. The topological polar surface area (TPSA) is 92.9 Å². The van der Waals surface area contributed by atoms with Gasteiger partial charge in [0.25, 0.3) is 0 Å². The first kappa shape index (κ1) is 24.3. The highest BCUT2D eigenvalue weighted by molar-refractivity contribution is 6.31. The van der Waals surface area contributed by atoms with Crippen molar-refractivity contribution in [3.8, 4) is 11.1 Å². The van der Waals surface area contributed by atoms with Crippen molar-refractivity contribution in [1.82, 2.24) is 9.97 Å². The third kappa shape index (κ3) is 4.73. The van der Waals surface area contributed by atoms with Crippen molar-refractivity contribution in [3.05, 3.63) is 123 Å². The Kier molecular flexibility index (Phi) is 6.31. The van der Waals surface area contributed by atoms with Crippen molar-refractivity contribution in [1.29, 1.82) is 0 Å². The number of carbonyl (C=O) groups is 1. The molecule has 0 aliphatic heterocycles. The van der Waals surface area contributed by atoms with E-state index in [1.165, 1.54) is 36.4 Å². The predicted molar refractivity (Wildman–Crippen MR) is 131 cm³/mol. The van der Waals surface area contributed by atoms with Gasteiger partial charge in [0.2, 0.25) is 5.69 Å². The van der Waals surface area contributed by atoms with Crippen LogP contribution in [0.15, 0.2) is 72.9 Å². The molecular formula is C27H17ClF3N3O3. The standard InChI is InChI=1S/C27H17ClF3N3O3/c28-19-7-8-20(30)24(25(19)31)16-4-10-23(34(37)13-16)18(11-14-1-5-17(29)6-2-14)26-32-21-9-3-15(27(35)36)12-22(21)33-26/h1-10,12-13,18H,11H2,(H,32,33)(H,35,36)/t18-/m1/s1. The van der Waals surface area contributed by atoms with Crippen LogP contribution in [0.5, 0.6) is 0 Å². The number of hydrogen-bond acceptors (Lipinski definition) is 3. The fourth-order valence-corrected chi connectivity index (χ4v) is 4.38. The van der Waals surface area contributed by atoms with Crippen LogP contribution in [-0.2, 0) is 6.42 Å². The minimum atomic E-state index is -1.10. The fourth-order valence-electron chi connectivity index (χ4n) is 4.23. The van der Waals surface area contributed by atoms with Crippen LogP contribution in [0.25, 0.3) is 22.2 Å². The average molecular weight is 524 g/mol. The number of halogens is 4. The number of rotatable bonds is 6. The van der Waals surface area contributed by atoms with Crippen LogP contribution >= 0.6 is 11.6 Å². The van der Waals surface area contributed by atoms with Crippen molar-refractivity contribution in [2.24, 2.45) is 0 Å². The summed E-state index contributed by atoms with van der Waals surface area (Å²) in [4.78, 5) is 19.0. The summed E-state index contributed by atoms with van der Waals surface area (Å²) in [6.07, 6.45) is 1.28. The summed E-state index contributed by atoms with van der Waals surface area (Å²) < 4.78 is 42.9. The third-order valence-corrected chi connectivity index (χ3v) is 6.36. The molecule has 1 atom stereocenters. The Morgan fingerprint density at radius 2 is 1.81 bits per heavy atom. The number of carboxylic acid groups (broad SMARTS) is 1. The number of hydrogen-bond donors (Lipinski definition) is 2. The van der Waals surface area contributed by atoms with Gasteiger partial charge in [-0.05, 0) is 60.5 Å². The van der Waals surface area contributed by atoms with E-state index in [9.17, 15) is 28.3 Å². The van der Waals surface area contributed by atoms with Gasteiger partial charge in [0.1, 0.15) is 23.4 Å². The molecule has 5 rings (SSSR count). The Balaban J connectivity index is 1.62. The number of aromatic carboxylic acids is 1. The Hall–Kier alpha value is -4.37. The maximum absolute atomic E-state index is 14.6. The lowest BCUT2D eigenvalue weighted by atomic mass is 9.94. The van der Waals surface area contributed by atoms with E-state index in [4.69, 9.17) is 11.6 Å². The Bertz CT molecular complexity index is 1650. The Labute approximate surface area is 213 Å². The van der Waals surface area contributed by atoms with Gasteiger partial charge in [-0.2, -0.15) is 4.73 Å². The van der Waals surface area contributed by atoms with Gasteiger partial charge in [0.05, 0.1) is 32.7 Å². The third-order valence-electron chi connectivity index (χ3n) is 6.06. The zero-order valence-electron chi connectivity index (χ0n) is 18.9. The highest BCUT2D eigenvalue weighted by Gasteiger charge is 2.27. The van der Waals surface area contributed by atoms with Crippen LogP contribution < -0.4 is 4.73 Å². The highest BCUT2D eigenvalue weighted by Crippen LogP contribution is 2.32. The SMILES string of the molecule is O=C(O)c1ccc2nc([C@H](Cc3ccc(F)cc3)c3ccc(-c4c(F)ccc(Cl)c4F)c[n+]3[O-])[nH]c2c1. The van der Waals surface area contributed by atoms with Gasteiger partial charge in [-0.15, -0.1) is 0 Å². The average Bonchev–Trinajstić information content (AvgIpc) is 3.30. The second kappa shape index (κ2) is 9.59. The summed E-state index contributed by atoms with van der Waals surface area (Å²) in [6, 6.07) is 15.1. The molecule has 0 amide bonds. The van der Waals surface area contributed by atoms with Crippen LogP contribution in [-0.4, -0.2) is 21.0 Å². The van der Waals surface area contributed by atoms with Gasteiger partial charge in [-0.1, -0.05) is 23.7 Å². The highest BCUT2D eigenvalue weighted by atomic mass is 35.5. The molecule has 0 aliphatic carbocycles. The number of H-pyrrole nitrogens is 1. The van der Waals surface area contributed by atoms with E-state index in [0.29, 0.717) is 27.2 Å². The van der Waals surface area contributed by atoms with E-state index in [1.807, 2.05) is 0 Å². The Morgan fingerprint density at radius 3 is 2.51 bits per heavy atom. The van der Waals surface area contributed by atoms with Crippen LogP contribution in [0, 0.1) is 22.7 Å². The summed E-state index contributed by atoms with van der Waals surface area (Å²) in [5.41, 5.74) is 1.47. The molecule has 0 aliphatic rings. The van der Waals surface area contributed by atoms with Gasteiger partial charge in [0.15, 0.2) is 12.0 Å². The molecule has 0 bridgehead atoms. The molecule has 10 heteroatoms. The fraction of sp³-hybridized carbons (Fsp3) is 0.0741. The van der Waals surface area contributed by atoms with E-state index < -0.39 is 34.9 Å². The predicted octanol–water partition coefficient (Wildman–Crippen LogP) is 6.01. The molecule has 2 heterocycles. The van der Waals surface area contributed by atoms with Gasteiger partial charge < -0.3 is 15.3 Å². The molecule has 0 radical (unpaired) electrons. The lowest BCUT2D eigenvalue weighted by molar-refractivity contribution is -0.614. The maximum atomic E-state index is 14.6. The Morgan fingerprint density at radius 1 is 1.05 bits per heavy atom.